The first-order chi connectivity index (χ1) is 16.9. The van der Waals surface area contributed by atoms with Crippen molar-refractivity contribution in [3.05, 3.63) is 132 Å². The largest absolute Gasteiger partial charge is 0.0689 e. The van der Waals surface area contributed by atoms with Crippen molar-refractivity contribution in [2.45, 2.75) is 0 Å². The predicted molar refractivity (Wildman–Crippen MR) is 146 cm³/mol. The molecule has 6 aromatic rings. The third-order valence-corrected chi connectivity index (χ3v) is 6.19. The molecule has 0 saturated carbocycles. The smallest absolute Gasteiger partial charge is 0.0405 e. The molecule has 6 aromatic carbocycles. The van der Waals surface area contributed by atoms with E-state index in [1.165, 1.54) is 43.1 Å². The number of fused-ring (bicyclic) bond motifs is 4. The van der Waals surface area contributed by atoms with Crippen molar-refractivity contribution in [3.63, 3.8) is 0 Å². The van der Waals surface area contributed by atoms with Crippen molar-refractivity contribution in [3.8, 4) is 23.7 Å². The third kappa shape index (κ3) is 3.59. The summed E-state index contributed by atoms with van der Waals surface area (Å²) >= 11 is 0. The minimum absolute atomic E-state index is 1.06. The lowest BCUT2D eigenvalue weighted by atomic mass is 9.97. The summed E-state index contributed by atoms with van der Waals surface area (Å²) < 4.78 is 0. The first-order valence-electron chi connectivity index (χ1n) is 11.4. The molecule has 0 unspecified atom stereocenters. The van der Waals surface area contributed by atoms with Crippen LogP contribution in [0.4, 0.5) is 0 Å². The highest BCUT2D eigenvalue weighted by atomic mass is 14.1. The fourth-order valence-corrected chi connectivity index (χ4v) is 4.61. The molecule has 0 heterocycles. The van der Waals surface area contributed by atoms with Crippen LogP contribution >= 0.6 is 0 Å². The summed E-state index contributed by atoms with van der Waals surface area (Å²) in [6, 6.07) is 38.1. The van der Waals surface area contributed by atoms with Gasteiger partial charge in [-0.1, -0.05) is 121 Å². The SMILES string of the molecule is C(#Cc1c2ccccc2cc2ccccc12)/C=C\C#Cc1c2ccccc2cc2ccccc12. The number of hydrogen-bond acceptors (Lipinski definition) is 0. The van der Waals surface area contributed by atoms with Gasteiger partial charge in [-0.2, -0.15) is 0 Å². The van der Waals surface area contributed by atoms with Gasteiger partial charge >= 0.3 is 0 Å². The van der Waals surface area contributed by atoms with Crippen LogP contribution in [0.15, 0.2) is 121 Å². The van der Waals surface area contributed by atoms with Crippen LogP contribution in [0.1, 0.15) is 11.1 Å². The van der Waals surface area contributed by atoms with Crippen LogP contribution in [-0.2, 0) is 0 Å². The zero-order valence-corrected chi connectivity index (χ0v) is 18.5. The zero-order chi connectivity index (χ0) is 22.7. The first kappa shape index (κ1) is 19.9. The maximum absolute atomic E-state index is 3.38. The summed E-state index contributed by atoms with van der Waals surface area (Å²) in [7, 11) is 0. The summed E-state index contributed by atoms with van der Waals surface area (Å²) in [6.07, 6.45) is 3.69. The molecule has 156 valence electrons. The molecule has 0 fully saturated rings. The van der Waals surface area contributed by atoms with Gasteiger partial charge < -0.3 is 0 Å². The van der Waals surface area contributed by atoms with E-state index in [1.807, 2.05) is 12.2 Å². The number of hydrogen-bond donors (Lipinski definition) is 0. The Balaban J connectivity index is 1.40. The van der Waals surface area contributed by atoms with Gasteiger partial charge in [-0.05, 0) is 67.4 Å². The average molecular weight is 429 g/mol. The van der Waals surface area contributed by atoms with E-state index in [0.717, 1.165) is 11.1 Å². The fourth-order valence-electron chi connectivity index (χ4n) is 4.61. The monoisotopic (exact) mass is 428 g/mol. The number of benzene rings is 6. The Labute approximate surface area is 199 Å². The Kier molecular flexibility index (Phi) is 5.04. The summed E-state index contributed by atoms with van der Waals surface area (Å²) in [4.78, 5) is 0. The van der Waals surface area contributed by atoms with Crippen molar-refractivity contribution in [1.82, 2.24) is 0 Å². The predicted octanol–water partition coefficient (Wildman–Crippen LogP) is 8.26. The molecular formula is C34H20. The van der Waals surface area contributed by atoms with Gasteiger partial charge in [0.15, 0.2) is 0 Å². The van der Waals surface area contributed by atoms with Crippen LogP contribution in [-0.4, -0.2) is 0 Å². The normalized spacial score (nSPS) is 10.9. The van der Waals surface area contributed by atoms with E-state index in [0.29, 0.717) is 0 Å². The van der Waals surface area contributed by atoms with Crippen molar-refractivity contribution < 1.29 is 0 Å². The zero-order valence-electron chi connectivity index (χ0n) is 18.5. The lowest BCUT2D eigenvalue weighted by Crippen LogP contribution is -1.84. The minimum atomic E-state index is 1.06. The van der Waals surface area contributed by atoms with Crippen molar-refractivity contribution in [1.29, 1.82) is 0 Å². The van der Waals surface area contributed by atoms with Gasteiger partial charge in [0.2, 0.25) is 0 Å². The topological polar surface area (TPSA) is 0 Å². The highest BCUT2D eigenvalue weighted by molar-refractivity contribution is 6.05. The van der Waals surface area contributed by atoms with Crippen LogP contribution in [0.25, 0.3) is 43.1 Å². The molecule has 0 atom stereocenters. The number of allylic oxidation sites excluding steroid dienone is 2. The van der Waals surface area contributed by atoms with Crippen LogP contribution in [0.5, 0.6) is 0 Å². The highest BCUT2D eigenvalue weighted by Gasteiger charge is 2.05. The third-order valence-electron chi connectivity index (χ3n) is 6.19. The standard InChI is InChI=1S/C34H20/c1(3-21-33-29-17-9-5-13-25(29)23-26-14-6-10-18-30(26)33)2-4-22-34-31-19-11-7-15-27(31)24-28-16-8-12-20-32(28)34/h1-2,5-20,23-24H/b2-1-. The Morgan fingerprint density at radius 1 is 0.382 bits per heavy atom. The van der Waals surface area contributed by atoms with Crippen LogP contribution in [0.2, 0.25) is 0 Å². The Morgan fingerprint density at radius 3 is 1.00 bits per heavy atom. The van der Waals surface area contributed by atoms with E-state index in [9.17, 15) is 0 Å². The van der Waals surface area contributed by atoms with Gasteiger partial charge in [-0.15, -0.1) is 0 Å². The van der Waals surface area contributed by atoms with E-state index >= 15 is 0 Å². The molecular weight excluding hydrogens is 408 g/mol. The summed E-state index contributed by atoms with van der Waals surface area (Å²) in [5.74, 6) is 13.2. The van der Waals surface area contributed by atoms with Gasteiger partial charge in [0.1, 0.15) is 0 Å². The van der Waals surface area contributed by atoms with Gasteiger partial charge in [0.25, 0.3) is 0 Å². The van der Waals surface area contributed by atoms with Gasteiger partial charge in [-0.25, -0.2) is 0 Å². The molecule has 0 radical (unpaired) electrons. The van der Waals surface area contributed by atoms with E-state index < -0.39 is 0 Å². The molecule has 0 aromatic heterocycles. The van der Waals surface area contributed by atoms with Gasteiger partial charge in [-0.3, -0.25) is 0 Å². The molecule has 0 aliphatic rings. The molecule has 0 amide bonds. The quantitative estimate of drug-likeness (QED) is 0.169. The molecule has 0 aliphatic carbocycles. The van der Waals surface area contributed by atoms with Crippen molar-refractivity contribution in [2.75, 3.05) is 0 Å². The van der Waals surface area contributed by atoms with E-state index in [2.05, 4.69) is 133 Å². The fraction of sp³-hybridized carbons (Fsp3) is 0. The molecule has 0 bridgehead atoms. The molecule has 0 nitrogen and oxygen atoms in total. The van der Waals surface area contributed by atoms with E-state index in [4.69, 9.17) is 0 Å². The van der Waals surface area contributed by atoms with Crippen LogP contribution < -0.4 is 0 Å². The minimum Gasteiger partial charge on any atom is -0.0689 e. The molecule has 6 rings (SSSR count). The van der Waals surface area contributed by atoms with E-state index in [-0.39, 0.29) is 0 Å². The van der Waals surface area contributed by atoms with E-state index in [1.54, 1.807) is 0 Å². The Bertz CT molecular complexity index is 1610. The molecule has 0 saturated heterocycles. The lowest BCUT2D eigenvalue weighted by molar-refractivity contribution is 1.73. The second-order valence-corrected chi connectivity index (χ2v) is 8.26. The first-order valence-corrected chi connectivity index (χ1v) is 11.4. The molecule has 0 spiro atoms. The second-order valence-electron chi connectivity index (χ2n) is 8.26. The van der Waals surface area contributed by atoms with Gasteiger partial charge in [0, 0.05) is 11.1 Å². The molecule has 34 heavy (non-hydrogen) atoms. The van der Waals surface area contributed by atoms with Crippen molar-refractivity contribution in [2.24, 2.45) is 0 Å². The number of rotatable bonds is 0. The molecule has 0 N–H and O–H groups in total. The highest BCUT2D eigenvalue weighted by Crippen LogP contribution is 2.29. The average Bonchev–Trinajstić information content (AvgIpc) is 2.89. The Morgan fingerprint density at radius 2 is 0.676 bits per heavy atom. The molecule has 0 aliphatic heterocycles. The maximum atomic E-state index is 3.38. The van der Waals surface area contributed by atoms with Gasteiger partial charge in [0.05, 0.1) is 0 Å². The summed E-state index contributed by atoms with van der Waals surface area (Å²) in [5, 5.41) is 9.53. The molecule has 0 heteroatoms. The maximum Gasteiger partial charge on any atom is 0.0405 e. The van der Waals surface area contributed by atoms with Crippen LogP contribution in [0.3, 0.4) is 0 Å². The van der Waals surface area contributed by atoms with Crippen molar-refractivity contribution >= 4 is 43.1 Å². The van der Waals surface area contributed by atoms with Crippen LogP contribution in [0, 0.1) is 23.7 Å². The summed E-state index contributed by atoms with van der Waals surface area (Å²) in [6.45, 7) is 0. The lowest BCUT2D eigenvalue weighted by Gasteiger charge is -2.06. The summed E-state index contributed by atoms with van der Waals surface area (Å²) in [5.41, 5.74) is 2.12. The second kappa shape index (κ2) is 8.63. The Hall–Kier alpha value is -4.78.